The van der Waals surface area contributed by atoms with Gasteiger partial charge in [-0.25, -0.2) is 0 Å². The molecule has 0 aromatic heterocycles. The van der Waals surface area contributed by atoms with Gasteiger partial charge in [0.15, 0.2) is 0 Å². The summed E-state index contributed by atoms with van der Waals surface area (Å²) >= 11 is 0. The molecule has 0 saturated carbocycles. The van der Waals surface area contributed by atoms with Crippen molar-refractivity contribution in [2.24, 2.45) is 11.7 Å². The molecule has 4 N–H and O–H groups in total. The second-order valence-corrected chi connectivity index (χ2v) is 4.53. The molecule has 0 saturated heterocycles. The maximum Gasteiger partial charge on any atom is 0.242 e. The van der Waals surface area contributed by atoms with Crippen LogP contribution < -0.4 is 16.4 Å². The fourth-order valence-electron chi connectivity index (χ4n) is 1.02. The minimum Gasteiger partial charge on any atom is -0.357 e. The maximum absolute atomic E-state index is 11.6. The topological polar surface area (TPSA) is 84.2 Å². The summed E-state index contributed by atoms with van der Waals surface area (Å²) in [5.74, 6) is -0.511. The molecule has 5 nitrogen and oxygen atoms in total. The molecule has 0 aromatic carbocycles. The van der Waals surface area contributed by atoms with Gasteiger partial charge in [0.1, 0.15) is 6.04 Å². The van der Waals surface area contributed by atoms with Crippen LogP contribution in [0.5, 0.6) is 0 Å². The Hall–Kier alpha value is -1.10. The van der Waals surface area contributed by atoms with E-state index in [0.717, 1.165) is 0 Å². The van der Waals surface area contributed by atoms with Crippen molar-refractivity contribution in [2.45, 2.75) is 39.3 Å². The van der Waals surface area contributed by atoms with Crippen LogP contribution in [0, 0.1) is 5.92 Å². The minimum atomic E-state index is -0.971. The number of hydrogen-bond donors (Lipinski definition) is 3. The predicted molar refractivity (Wildman–Crippen MR) is 59.1 cm³/mol. The molecule has 0 bridgehead atoms. The van der Waals surface area contributed by atoms with Crippen LogP contribution in [-0.4, -0.2) is 30.4 Å². The van der Waals surface area contributed by atoms with Crippen molar-refractivity contribution in [3.63, 3.8) is 0 Å². The Kier molecular flexibility index (Phi) is 4.74. The molecule has 5 heteroatoms. The monoisotopic (exact) mass is 215 g/mol. The van der Waals surface area contributed by atoms with Crippen molar-refractivity contribution in [3.8, 4) is 0 Å². The van der Waals surface area contributed by atoms with Crippen LogP contribution in [0.1, 0.15) is 27.7 Å². The fourth-order valence-corrected chi connectivity index (χ4v) is 1.02. The molecule has 0 spiro atoms. The zero-order valence-electron chi connectivity index (χ0n) is 10.0. The van der Waals surface area contributed by atoms with E-state index in [4.69, 9.17) is 5.73 Å². The fraction of sp³-hybridized carbons (Fsp3) is 0.800. The SMILES string of the molecule is CNC(=O)C(NC(=O)C(C)(C)N)C(C)C. The van der Waals surface area contributed by atoms with Crippen molar-refractivity contribution in [1.29, 1.82) is 0 Å². The third kappa shape index (κ3) is 4.29. The van der Waals surface area contributed by atoms with E-state index in [-0.39, 0.29) is 17.7 Å². The van der Waals surface area contributed by atoms with Gasteiger partial charge >= 0.3 is 0 Å². The van der Waals surface area contributed by atoms with Crippen molar-refractivity contribution in [3.05, 3.63) is 0 Å². The average Bonchev–Trinajstić information content (AvgIpc) is 2.10. The van der Waals surface area contributed by atoms with E-state index < -0.39 is 11.6 Å². The minimum absolute atomic E-state index is 0.0243. The van der Waals surface area contributed by atoms with Gasteiger partial charge in [0, 0.05) is 7.05 Å². The maximum atomic E-state index is 11.6. The van der Waals surface area contributed by atoms with Gasteiger partial charge in [-0.3, -0.25) is 9.59 Å². The quantitative estimate of drug-likeness (QED) is 0.597. The summed E-state index contributed by atoms with van der Waals surface area (Å²) in [6.07, 6.45) is 0. The lowest BCUT2D eigenvalue weighted by Crippen LogP contribution is -2.57. The Morgan fingerprint density at radius 2 is 1.73 bits per heavy atom. The summed E-state index contributed by atoms with van der Waals surface area (Å²) in [7, 11) is 1.54. The Balaban J connectivity index is 4.57. The second kappa shape index (κ2) is 5.11. The molecule has 2 amide bonds. The average molecular weight is 215 g/mol. The summed E-state index contributed by atoms with van der Waals surface area (Å²) in [5.41, 5.74) is 4.65. The highest BCUT2D eigenvalue weighted by Gasteiger charge is 2.29. The Bertz CT molecular complexity index is 244. The number of carbonyl (C=O) groups excluding carboxylic acids is 2. The molecule has 1 atom stereocenters. The van der Waals surface area contributed by atoms with Crippen LogP contribution in [-0.2, 0) is 9.59 Å². The van der Waals surface area contributed by atoms with E-state index >= 15 is 0 Å². The standard InChI is InChI=1S/C10H21N3O2/c1-6(2)7(8(14)12-5)13-9(15)10(3,4)11/h6-7H,11H2,1-5H3,(H,12,14)(H,13,15). The Morgan fingerprint density at radius 1 is 1.27 bits per heavy atom. The first-order valence-corrected chi connectivity index (χ1v) is 5.01. The van der Waals surface area contributed by atoms with Crippen molar-refractivity contribution < 1.29 is 9.59 Å². The number of nitrogens with one attached hydrogen (secondary N) is 2. The molecular formula is C10H21N3O2. The molecule has 0 heterocycles. The molecule has 1 unspecified atom stereocenters. The van der Waals surface area contributed by atoms with E-state index in [1.54, 1.807) is 13.8 Å². The number of carbonyl (C=O) groups is 2. The van der Waals surface area contributed by atoms with Gasteiger partial charge in [0.05, 0.1) is 5.54 Å². The first-order valence-electron chi connectivity index (χ1n) is 5.01. The summed E-state index contributed by atoms with van der Waals surface area (Å²) in [6, 6.07) is -0.537. The van der Waals surface area contributed by atoms with Crippen LogP contribution in [0.4, 0.5) is 0 Å². The summed E-state index contributed by atoms with van der Waals surface area (Å²) in [6.45, 7) is 6.93. The second-order valence-electron chi connectivity index (χ2n) is 4.53. The summed E-state index contributed by atoms with van der Waals surface area (Å²) < 4.78 is 0. The molecule has 0 aliphatic heterocycles. The van der Waals surface area contributed by atoms with Gasteiger partial charge in [-0.2, -0.15) is 0 Å². The van der Waals surface area contributed by atoms with Gasteiger partial charge in [-0.05, 0) is 19.8 Å². The molecule has 0 aromatic rings. The summed E-state index contributed by atoms with van der Waals surface area (Å²) in [5, 5.41) is 5.14. The van der Waals surface area contributed by atoms with E-state index in [1.165, 1.54) is 7.05 Å². The smallest absolute Gasteiger partial charge is 0.242 e. The highest BCUT2D eigenvalue weighted by molar-refractivity contribution is 5.91. The Labute approximate surface area is 90.8 Å². The van der Waals surface area contributed by atoms with E-state index in [9.17, 15) is 9.59 Å². The van der Waals surface area contributed by atoms with Gasteiger partial charge in [-0.1, -0.05) is 13.8 Å². The third-order valence-corrected chi connectivity index (χ3v) is 2.07. The normalized spacial score (nSPS) is 13.5. The number of amides is 2. The highest BCUT2D eigenvalue weighted by Crippen LogP contribution is 2.04. The predicted octanol–water partition coefficient (Wildman–Crippen LogP) is -0.389. The van der Waals surface area contributed by atoms with Crippen molar-refractivity contribution in [2.75, 3.05) is 7.05 Å². The molecule has 0 radical (unpaired) electrons. The lowest BCUT2D eigenvalue weighted by Gasteiger charge is -2.25. The van der Waals surface area contributed by atoms with E-state index in [1.807, 2.05) is 13.8 Å². The first kappa shape index (κ1) is 13.9. The molecule has 0 fully saturated rings. The van der Waals surface area contributed by atoms with Gasteiger partial charge in [0.25, 0.3) is 0 Å². The van der Waals surface area contributed by atoms with Gasteiger partial charge < -0.3 is 16.4 Å². The van der Waals surface area contributed by atoms with Crippen LogP contribution in [0.3, 0.4) is 0 Å². The zero-order chi connectivity index (χ0) is 12.2. The van der Waals surface area contributed by atoms with Crippen molar-refractivity contribution in [1.82, 2.24) is 10.6 Å². The zero-order valence-corrected chi connectivity index (χ0v) is 10.0. The largest absolute Gasteiger partial charge is 0.357 e. The van der Waals surface area contributed by atoms with E-state index in [0.29, 0.717) is 0 Å². The first-order chi connectivity index (χ1) is 6.70. The number of likely N-dealkylation sites (N-methyl/N-ethyl adjacent to an activating group) is 1. The van der Waals surface area contributed by atoms with Gasteiger partial charge in [0.2, 0.25) is 11.8 Å². The van der Waals surface area contributed by atoms with Crippen LogP contribution in [0.2, 0.25) is 0 Å². The lowest BCUT2D eigenvalue weighted by atomic mass is 10.0. The highest BCUT2D eigenvalue weighted by atomic mass is 16.2. The van der Waals surface area contributed by atoms with E-state index in [2.05, 4.69) is 10.6 Å². The molecule has 15 heavy (non-hydrogen) atoms. The number of hydrogen-bond acceptors (Lipinski definition) is 3. The molecule has 0 aliphatic carbocycles. The third-order valence-electron chi connectivity index (χ3n) is 2.07. The number of rotatable bonds is 4. The molecule has 88 valence electrons. The van der Waals surface area contributed by atoms with Crippen LogP contribution >= 0.6 is 0 Å². The lowest BCUT2D eigenvalue weighted by molar-refractivity contribution is -0.132. The van der Waals surface area contributed by atoms with Crippen LogP contribution in [0.25, 0.3) is 0 Å². The number of nitrogens with two attached hydrogens (primary N) is 1. The van der Waals surface area contributed by atoms with Crippen LogP contribution in [0.15, 0.2) is 0 Å². The molecule has 0 aliphatic rings. The Morgan fingerprint density at radius 3 is 2.00 bits per heavy atom. The molecular weight excluding hydrogens is 194 g/mol. The molecule has 0 rings (SSSR count). The van der Waals surface area contributed by atoms with Gasteiger partial charge in [-0.15, -0.1) is 0 Å². The summed E-state index contributed by atoms with van der Waals surface area (Å²) in [4.78, 5) is 23.0. The van der Waals surface area contributed by atoms with Crippen molar-refractivity contribution >= 4 is 11.8 Å².